The molecule has 0 fully saturated rings. The average Bonchev–Trinajstić information content (AvgIpc) is 2.66. The Hall–Kier alpha value is -4.20. The zero-order valence-electron chi connectivity index (χ0n) is 14.5. The van der Waals surface area contributed by atoms with Crippen LogP contribution in [0.2, 0.25) is 0 Å². The van der Waals surface area contributed by atoms with Crippen molar-refractivity contribution in [2.45, 2.75) is 0 Å². The molecule has 0 spiro atoms. The molecule has 0 atom stereocenters. The maximum atomic E-state index is 11.1. The highest BCUT2D eigenvalue weighted by atomic mass is 16.7. The Morgan fingerprint density at radius 3 is 1.32 bits per heavy atom. The zero-order chi connectivity index (χ0) is 19.9. The Balaban J connectivity index is 2.04. The standard InChI is InChI=1S/C20H16N2O6/c23-19(24)27-17-12-16(22-14-9-5-2-6-10-14)18(28-20(25)26)11-15(17)21-13-7-3-1-4-8-13/h1-12,21-22H,(H,23,24)(H,25,26). The average molecular weight is 380 g/mol. The van der Waals surface area contributed by atoms with E-state index in [0.29, 0.717) is 11.4 Å². The molecule has 3 aromatic carbocycles. The predicted octanol–water partition coefficient (Wildman–Crippen LogP) is 5.29. The summed E-state index contributed by atoms with van der Waals surface area (Å²) in [6, 6.07) is 20.6. The van der Waals surface area contributed by atoms with Crippen molar-refractivity contribution in [3.05, 3.63) is 72.8 Å². The van der Waals surface area contributed by atoms with Crippen LogP contribution in [0.15, 0.2) is 72.8 Å². The molecule has 0 unspecified atom stereocenters. The number of anilines is 4. The second kappa shape index (κ2) is 8.45. The van der Waals surface area contributed by atoms with Crippen molar-refractivity contribution in [3.63, 3.8) is 0 Å². The fraction of sp³-hybridized carbons (Fsp3) is 0. The topological polar surface area (TPSA) is 117 Å². The summed E-state index contributed by atoms with van der Waals surface area (Å²) < 4.78 is 9.73. The van der Waals surface area contributed by atoms with E-state index in [1.165, 1.54) is 12.1 Å². The van der Waals surface area contributed by atoms with Gasteiger partial charge in [0.05, 0.1) is 11.4 Å². The fourth-order valence-corrected chi connectivity index (χ4v) is 2.47. The fourth-order valence-electron chi connectivity index (χ4n) is 2.47. The first-order valence-corrected chi connectivity index (χ1v) is 8.15. The first-order chi connectivity index (χ1) is 13.5. The van der Waals surface area contributed by atoms with Crippen molar-refractivity contribution in [3.8, 4) is 11.5 Å². The van der Waals surface area contributed by atoms with Crippen molar-refractivity contribution < 1.29 is 29.3 Å². The molecule has 0 saturated carbocycles. The predicted molar refractivity (Wildman–Crippen MR) is 103 cm³/mol. The Morgan fingerprint density at radius 1 is 0.643 bits per heavy atom. The van der Waals surface area contributed by atoms with Gasteiger partial charge in [0.25, 0.3) is 0 Å². The van der Waals surface area contributed by atoms with Gasteiger partial charge in [-0.1, -0.05) is 36.4 Å². The maximum absolute atomic E-state index is 11.1. The molecule has 0 amide bonds. The first-order valence-electron chi connectivity index (χ1n) is 8.15. The van der Waals surface area contributed by atoms with Gasteiger partial charge < -0.3 is 30.3 Å². The van der Waals surface area contributed by atoms with E-state index >= 15 is 0 Å². The summed E-state index contributed by atoms with van der Waals surface area (Å²) in [5.74, 6) is -0.0416. The van der Waals surface area contributed by atoms with Crippen molar-refractivity contribution in [1.82, 2.24) is 0 Å². The number of benzene rings is 3. The highest BCUT2D eigenvalue weighted by Gasteiger charge is 2.17. The molecule has 8 nitrogen and oxygen atoms in total. The normalized spacial score (nSPS) is 10.0. The van der Waals surface area contributed by atoms with E-state index < -0.39 is 12.3 Å². The molecular weight excluding hydrogens is 364 g/mol. The van der Waals surface area contributed by atoms with E-state index in [0.717, 1.165) is 0 Å². The molecule has 0 aromatic heterocycles. The minimum atomic E-state index is -1.51. The molecule has 8 heteroatoms. The summed E-state index contributed by atoms with van der Waals surface area (Å²) in [6.45, 7) is 0. The molecule has 0 radical (unpaired) electrons. The number of carboxylic acid groups (broad SMARTS) is 2. The van der Waals surface area contributed by atoms with Crippen LogP contribution >= 0.6 is 0 Å². The number of ether oxygens (including phenoxy) is 2. The van der Waals surface area contributed by atoms with Gasteiger partial charge >= 0.3 is 12.3 Å². The second-order valence-corrected chi connectivity index (χ2v) is 5.56. The maximum Gasteiger partial charge on any atom is 0.511 e. The minimum Gasteiger partial charge on any atom is -0.449 e. The molecule has 0 aliphatic rings. The summed E-state index contributed by atoms with van der Waals surface area (Å²) in [6.07, 6.45) is -3.01. The molecular formula is C20H16N2O6. The smallest absolute Gasteiger partial charge is 0.449 e. The Labute approximate surface area is 160 Å². The van der Waals surface area contributed by atoms with Crippen molar-refractivity contribution in [2.24, 2.45) is 0 Å². The number of rotatable bonds is 6. The van der Waals surface area contributed by atoms with Crippen LogP contribution in [-0.4, -0.2) is 22.5 Å². The van der Waals surface area contributed by atoms with E-state index in [4.69, 9.17) is 19.7 Å². The molecule has 142 valence electrons. The third-order valence-corrected chi connectivity index (χ3v) is 3.58. The second-order valence-electron chi connectivity index (χ2n) is 5.56. The van der Waals surface area contributed by atoms with Crippen LogP contribution in [0.3, 0.4) is 0 Å². The lowest BCUT2D eigenvalue weighted by Gasteiger charge is -2.17. The molecule has 3 aromatic rings. The third-order valence-electron chi connectivity index (χ3n) is 3.58. The van der Waals surface area contributed by atoms with Crippen molar-refractivity contribution in [1.29, 1.82) is 0 Å². The van der Waals surface area contributed by atoms with Crippen molar-refractivity contribution >= 4 is 35.1 Å². The molecule has 0 saturated heterocycles. The van der Waals surface area contributed by atoms with Crippen LogP contribution in [0.4, 0.5) is 32.3 Å². The Morgan fingerprint density at radius 2 is 1.00 bits per heavy atom. The van der Waals surface area contributed by atoms with Crippen molar-refractivity contribution in [2.75, 3.05) is 10.6 Å². The molecule has 0 aliphatic carbocycles. The molecule has 0 aliphatic heterocycles. The van der Waals surface area contributed by atoms with Crippen LogP contribution in [-0.2, 0) is 0 Å². The van der Waals surface area contributed by atoms with Crippen LogP contribution in [0.25, 0.3) is 0 Å². The summed E-state index contributed by atoms with van der Waals surface area (Å²) >= 11 is 0. The molecule has 3 rings (SSSR count). The summed E-state index contributed by atoms with van der Waals surface area (Å²) in [7, 11) is 0. The van der Waals surface area contributed by atoms with E-state index in [9.17, 15) is 9.59 Å². The quantitative estimate of drug-likeness (QED) is 0.337. The van der Waals surface area contributed by atoms with Crippen LogP contribution in [0.1, 0.15) is 0 Å². The van der Waals surface area contributed by atoms with Gasteiger partial charge in [-0.25, -0.2) is 9.59 Å². The molecule has 0 heterocycles. The third kappa shape index (κ3) is 4.92. The van der Waals surface area contributed by atoms with Gasteiger partial charge in [-0.05, 0) is 24.3 Å². The van der Waals surface area contributed by atoms with E-state index in [1.807, 2.05) is 12.1 Å². The number of hydrogen-bond acceptors (Lipinski definition) is 6. The van der Waals surface area contributed by atoms with E-state index in [2.05, 4.69) is 10.6 Å². The van der Waals surface area contributed by atoms with E-state index in [1.54, 1.807) is 48.5 Å². The number of nitrogens with one attached hydrogen (secondary N) is 2. The monoisotopic (exact) mass is 380 g/mol. The van der Waals surface area contributed by atoms with Crippen LogP contribution in [0.5, 0.6) is 11.5 Å². The minimum absolute atomic E-state index is 0.0208. The lowest BCUT2D eigenvalue weighted by Crippen LogP contribution is -2.09. The molecule has 0 bridgehead atoms. The van der Waals surface area contributed by atoms with Crippen LogP contribution < -0.4 is 20.1 Å². The molecule has 4 N–H and O–H groups in total. The first kappa shape index (κ1) is 18.6. The SMILES string of the molecule is O=C(O)Oc1cc(Nc2ccccc2)c(OC(=O)O)cc1Nc1ccccc1. The zero-order valence-corrected chi connectivity index (χ0v) is 14.5. The lowest BCUT2D eigenvalue weighted by atomic mass is 10.2. The van der Waals surface area contributed by atoms with Gasteiger partial charge in [-0.15, -0.1) is 0 Å². The number of carbonyl (C=O) groups is 2. The largest absolute Gasteiger partial charge is 0.511 e. The van der Waals surface area contributed by atoms with Gasteiger partial charge in [0.1, 0.15) is 0 Å². The Bertz CT molecular complexity index is 895. The highest BCUT2D eigenvalue weighted by Crippen LogP contribution is 2.39. The number of hydrogen-bond donors (Lipinski definition) is 4. The Kier molecular flexibility index (Phi) is 5.61. The van der Waals surface area contributed by atoms with Gasteiger partial charge in [0.2, 0.25) is 0 Å². The van der Waals surface area contributed by atoms with Crippen LogP contribution in [0, 0.1) is 0 Å². The van der Waals surface area contributed by atoms with Gasteiger partial charge in [0, 0.05) is 23.5 Å². The van der Waals surface area contributed by atoms with Gasteiger partial charge in [-0.2, -0.15) is 0 Å². The lowest BCUT2D eigenvalue weighted by molar-refractivity contribution is 0.142. The summed E-state index contributed by atoms with van der Waals surface area (Å²) in [4.78, 5) is 22.2. The summed E-state index contributed by atoms with van der Waals surface area (Å²) in [5.41, 5.74) is 1.76. The summed E-state index contributed by atoms with van der Waals surface area (Å²) in [5, 5.41) is 24.1. The molecule has 28 heavy (non-hydrogen) atoms. The van der Waals surface area contributed by atoms with Gasteiger partial charge in [-0.3, -0.25) is 0 Å². The highest BCUT2D eigenvalue weighted by molar-refractivity contribution is 5.81. The van der Waals surface area contributed by atoms with E-state index in [-0.39, 0.29) is 22.9 Å². The van der Waals surface area contributed by atoms with Gasteiger partial charge in [0.15, 0.2) is 11.5 Å². The number of para-hydroxylation sites is 2.